The van der Waals surface area contributed by atoms with Gasteiger partial charge >= 0.3 is 0 Å². The van der Waals surface area contributed by atoms with Crippen molar-refractivity contribution in [1.29, 1.82) is 0 Å². The van der Waals surface area contributed by atoms with Crippen LogP contribution in [0, 0.1) is 22.7 Å². The Bertz CT molecular complexity index is 575. The number of hydrogen-bond acceptors (Lipinski definition) is 1. The van der Waals surface area contributed by atoms with Crippen LogP contribution in [-0.4, -0.2) is 4.99 Å². The van der Waals surface area contributed by atoms with Crippen LogP contribution in [0.5, 0.6) is 0 Å². The summed E-state index contributed by atoms with van der Waals surface area (Å²) >= 11 is 5.49. The fraction of sp³-hybridized carbons (Fsp3) is 0.650. The van der Waals surface area contributed by atoms with Crippen LogP contribution in [0.25, 0.3) is 0 Å². The monoisotopic (exact) mass is 315 g/mol. The molecular weight excluding hydrogens is 286 g/mol. The molecule has 4 atom stereocenters. The molecule has 0 aromatic heterocycles. The zero-order chi connectivity index (χ0) is 16.2. The maximum atomic E-state index is 6.20. The second kappa shape index (κ2) is 5.06. The molecular formula is C20H29NS. The van der Waals surface area contributed by atoms with E-state index in [0.717, 1.165) is 18.8 Å². The van der Waals surface area contributed by atoms with E-state index < -0.39 is 0 Å². The first-order valence-corrected chi connectivity index (χ1v) is 8.96. The van der Waals surface area contributed by atoms with Crippen molar-refractivity contribution < 1.29 is 0 Å². The molecule has 0 amide bonds. The van der Waals surface area contributed by atoms with E-state index in [-0.39, 0.29) is 10.8 Å². The molecule has 1 nitrogen and oxygen atoms in total. The highest BCUT2D eigenvalue weighted by Crippen LogP contribution is 2.63. The zero-order valence-electron chi connectivity index (χ0n) is 14.4. The van der Waals surface area contributed by atoms with Crippen molar-refractivity contribution in [3.8, 4) is 0 Å². The maximum absolute atomic E-state index is 6.20. The molecule has 2 N–H and O–H groups in total. The standard InChI is InChI=1S/C20H29NS/c1-14-10-20(15-8-6-5-7-9-15)12-16(18(14,2)3)11-19(4,13-20)17(21)22/h5-9,14,16H,10-13H2,1-4H3,(H2,21,22). The topological polar surface area (TPSA) is 26.0 Å². The number of benzene rings is 1. The average Bonchev–Trinajstić information content (AvgIpc) is 2.46. The molecule has 0 aliphatic heterocycles. The Kier molecular flexibility index (Phi) is 3.67. The summed E-state index contributed by atoms with van der Waals surface area (Å²) in [6.45, 7) is 9.63. The fourth-order valence-corrected chi connectivity index (χ4v) is 5.38. The molecule has 2 aliphatic carbocycles. The highest BCUT2D eigenvalue weighted by Gasteiger charge is 2.57. The van der Waals surface area contributed by atoms with Gasteiger partial charge in [0.25, 0.3) is 0 Å². The van der Waals surface area contributed by atoms with E-state index >= 15 is 0 Å². The minimum atomic E-state index is -0.00843. The SMILES string of the molecule is CC1CC2(c3ccccc3)CC(CC(C)(C(N)=S)C2)C1(C)C. The molecule has 0 spiro atoms. The van der Waals surface area contributed by atoms with Gasteiger partial charge in [0.05, 0.1) is 4.99 Å². The summed E-state index contributed by atoms with van der Waals surface area (Å²) in [7, 11) is 0. The third kappa shape index (κ3) is 2.31. The molecule has 1 aromatic rings. The van der Waals surface area contributed by atoms with Gasteiger partial charge in [-0.25, -0.2) is 0 Å². The van der Waals surface area contributed by atoms with Crippen molar-refractivity contribution in [2.24, 2.45) is 28.4 Å². The lowest BCUT2D eigenvalue weighted by atomic mass is 9.44. The summed E-state index contributed by atoms with van der Waals surface area (Å²) in [6.07, 6.45) is 4.79. The van der Waals surface area contributed by atoms with Gasteiger partial charge in [0.1, 0.15) is 0 Å². The van der Waals surface area contributed by atoms with E-state index in [2.05, 4.69) is 58.0 Å². The number of rotatable bonds is 2. The normalized spacial score (nSPS) is 40.2. The first kappa shape index (κ1) is 16.0. The van der Waals surface area contributed by atoms with E-state index in [9.17, 15) is 0 Å². The molecule has 0 heterocycles. The van der Waals surface area contributed by atoms with Crippen molar-refractivity contribution in [3.05, 3.63) is 35.9 Å². The van der Waals surface area contributed by atoms with Crippen LogP contribution in [0.4, 0.5) is 0 Å². The van der Waals surface area contributed by atoms with Crippen LogP contribution < -0.4 is 5.73 Å². The molecule has 0 saturated heterocycles. The number of fused-ring (bicyclic) bond motifs is 2. The molecule has 2 saturated carbocycles. The molecule has 0 radical (unpaired) electrons. The highest BCUT2D eigenvalue weighted by atomic mass is 32.1. The van der Waals surface area contributed by atoms with E-state index in [1.807, 2.05) is 0 Å². The lowest BCUT2D eigenvalue weighted by Crippen LogP contribution is -2.56. The van der Waals surface area contributed by atoms with E-state index in [0.29, 0.717) is 16.3 Å². The molecule has 1 aromatic carbocycles. The molecule has 2 aliphatic rings. The lowest BCUT2D eigenvalue weighted by molar-refractivity contribution is -0.0458. The predicted octanol–water partition coefficient (Wildman–Crippen LogP) is 5.08. The third-order valence-electron chi connectivity index (χ3n) is 7.06. The highest BCUT2D eigenvalue weighted by molar-refractivity contribution is 7.80. The second-order valence-corrected chi connectivity index (χ2v) is 9.22. The van der Waals surface area contributed by atoms with Gasteiger partial charge in [0, 0.05) is 5.41 Å². The van der Waals surface area contributed by atoms with Gasteiger partial charge in [0.15, 0.2) is 0 Å². The Hall–Kier alpha value is -0.890. The maximum Gasteiger partial charge on any atom is 0.0787 e. The summed E-state index contributed by atoms with van der Waals surface area (Å²) in [6, 6.07) is 11.1. The van der Waals surface area contributed by atoms with Gasteiger partial charge < -0.3 is 5.73 Å². The number of hydrogen-bond donors (Lipinski definition) is 1. The Morgan fingerprint density at radius 2 is 1.73 bits per heavy atom. The second-order valence-electron chi connectivity index (χ2n) is 8.78. The first-order chi connectivity index (χ1) is 10.2. The van der Waals surface area contributed by atoms with Gasteiger partial charge in [-0.3, -0.25) is 0 Å². The summed E-state index contributed by atoms with van der Waals surface area (Å²) in [5.74, 6) is 1.42. The number of nitrogens with two attached hydrogens (primary N) is 1. The predicted molar refractivity (Wildman–Crippen MR) is 97.9 cm³/mol. The minimum Gasteiger partial charge on any atom is -0.393 e. The largest absolute Gasteiger partial charge is 0.393 e. The van der Waals surface area contributed by atoms with Gasteiger partial charge in [-0.15, -0.1) is 0 Å². The lowest BCUT2D eigenvalue weighted by Gasteiger charge is -2.60. The van der Waals surface area contributed by atoms with Crippen molar-refractivity contribution in [2.75, 3.05) is 0 Å². The van der Waals surface area contributed by atoms with Crippen LogP contribution in [0.15, 0.2) is 30.3 Å². The van der Waals surface area contributed by atoms with E-state index in [1.165, 1.54) is 18.4 Å². The van der Waals surface area contributed by atoms with Crippen LogP contribution in [0.2, 0.25) is 0 Å². The average molecular weight is 316 g/mol. The molecule has 2 heteroatoms. The van der Waals surface area contributed by atoms with Crippen LogP contribution in [0.3, 0.4) is 0 Å². The molecule has 4 unspecified atom stereocenters. The third-order valence-corrected chi connectivity index (χ3v) is 7.56. The van der Waals surface area contributed by atoms with Gasteiger partial charge in [-0.05, 0) is 53.9 Å². The summed E-state index contributed by atoms with van der Waals surface area (Å²) in [5, 5.41) is 0. The summed E-state index contributed by atoms with van der Waals surface area (Å²) in [4.78, 5) is 0.711. The Balaban J connectivity index is 2.10. The first-order valence-electron chi connectivity index (χ1n) is 8.55. The van der Waals surface area contributed by atoms with Crippen LogP contribution in [0.1, 0.15) is 58.9 Å². The molecule has 2 fully saturated rings. The van der Waals surface area contributed by atoms with Crippen molar-refractivity contribution >= 4 is 17.2 Å². The molecule has 120 valence electrons. The smallest absolute Gasteiger partial charge is 0.0787 e. The van der Waals surface area contributed by atoms with Gasteiger partial charge in [0.2, 0.25) is 0 Å². The van der Waals surface area contributed by atoms with Crippen molar-refractivity contribution in [3.63, 3.8) is 0 Å². The Morgan fingerprint density at radius 1 is 1.09 bits per heavy atom. The van der Waals surface area contributed by atoms with E-state index in [4.69, 9.17) is 18.0 Å². The zero-order valence-corrected chi connectivity index (χ0v) is 15.2. The molecule has 2 bridgehead atoms. The van der Waals surface area contributed by atoms with Crippen LogP contribution in [-0.2, 0) is 5.41 Å². The van der Waals surface area contributed by atoms with Gasteiger partial charge in [-0.2, -0.15) is 0 Å². The molecule has 22 heavy (non-hydrogen) atoms. The summed E-state index contributed by atoms with van der Waals surface area (Å²) < 4.78 is 0. The minimum absolute atomic E-state index is 0.00843. The number of thiocarbonyl (C=S) groups is 1. The van der Waals surface area contributed by atoms with E-state index in [1.54, 1.807) is 0 Å². The fourth-order valence-electron chi connectivity index (χ4n) is 5.23. The summed E-state index contributed by atoms with van der Waals surface area (Å²) in [5.41, 5.74) is 8.29. The molecule has 3 rings (SSSR count). The van der Waals surface area contributed by atoms with Crippen molar-refractivity contribution in [2.45, 2.75) is 58.8 Å². The van der Waals surface area contributed by atoms with Gasteiger partial charge in [-0.1, -0.05) is 70.2 Å². The van der Waals surface area contributed by atoms with Crippen molar-refractivity contribution in [1.82, 2.24) is 0 Å². The quantitative estimate of drug-likeness (QED) is 0.770. The Labute approximate surface area is 140 Å². The Morgan fingerprint density at radius 3 is 2.32 bits per heavy atom. The van der Waals surface area contributed by atoms with Crippen LogP contribution >= 0.6 is 12.2 Å².